The van der Waals surface area contributed by atoms with E-state index in [1.54, 1.807) is 0 Å². The first kappa shape index (κ1) is 8.97. The van der Waals surface area contributed by atoms with Crippen LogP contribution in [-0.4, -0.2) is 23.9 Å². The van der Waals surface area contributed by atoms with Gasteiger partial charge in [0.2, 0.25) is 0 Å². The van der Waals surface area contributed by atoms with Crippen LogP contribution in [0.25, 0.3) is 0 Å². The Balaban J connectivity index is 2.32. The van der Waals surface area contributed by atoms with Crippen LogP contribution in [0, 0.1) is 5.92 Å². The summed E-state index contributed by atoms with van der Waals surface area (Å²) in [5, 5.41) is 8.62. The lowest BCUT2D eigenvalue weighted by molar-refractivity contribution is -0.300. The molecule has 3 heteroatoms. The summed E-state index contributed by atoms with van der Waals surface area (Å²) in [5.74, 6) is 0.426. The molecule has 1 heterocycles. The lowest BCUT2D eigenvalue weighted by Crippen LogP contribution is -2.28. The summed E-state index contributed by atoms with van der Waals surface area (Å²) in [7, 11) is 0. The van der Waals surface area contributed by atoms with Crippen molar-refractivity contribution in [1.29, 1.82) is 0 Å². The fraction of sp³-hybridized carbons (Fsp3) is 1.00. The molecule has 66 valence electrons. The molecular formula is C8H16O3. The molecule has 3 nitrogen and oxygen atoms in total. The van der Waals surface area contributed by atoms with Crippen LogP contribution in [-0.2, 0) is 9.78 Å². The highest BCUT2D eigenvalue weighted by Gasteiger charge is 2.37. The Morgan fingerprint density at radius 3 is 2.73 bits per heavy atom. The number of hydrogen-bond acceptors (Lipinski definition) is 3. The molecule has 1 fully saturated rings. The third kappa shape index (κ3) is 2.15. The standard InChI is InChI=1S/C8H16O3/c1-8(2)7(4-3-5-9)6-10-11-8/h7,9H,3-6H2,1-2H3. The summed E-state index contributed by atoms with van der Waals surface area (Å²) < 4.78 is 0. The summed E-state index contributed by atoms with van der Waals surface area (Å²) in [6, 6.07) is 0. The Hall–Kier alpha value is -0.120. The fourth-order valence-electron chi connectivity index (χ4n) is 1.31. The molecule has 1 saturated heterocycles. The van der Waals surface area contributed by atoms with Crippen molar-refractivity contribution in [2.24, 2.45) is 5.92 Å². The first-order valence-electron chi connectivity index (χ1n) is 4.08. The van der Waals surface area contributed by atoms with E-state index < -0.39 is 0 Å². The zero-order chi connectivity index (χ0) is 8.32. The molecule has 0 aromatic rings. The molecule has 1 N–H and O–H groups in total. The number of aliphatic hydroxyl groups excluding tert-OH is 1. The summed E-state index contributed by atoms with van der Waals surface area (Å²) in [6.07, 6.45) is 1.81. The van der Waals surface area contributed by atoms with Gasteiger partial charge in [0.25, 0.3) is 0 Å². The third-order valence-electron chi connectivity index (χ3n) is 2.24. The van der Waals surface area contributed by atoms with Crippen molar-refractivity contribution in [2.45, 2.75) is 32.3 Å². The van der Waals surface area contributed by atoms with Gasteiger partial charge in [0.05, 0.1) is 6.61 Å². The van der Waals surface area contributed by atoms with E-state index in [0.29, 0.717) is 12.5 Å². The smallest absolute Gasteiger partial charge is 0.103 e. The van der Waals surface area contributed by atoms with E-state index >= 15 is 0 Å². The summed E-state index contributed by atoms with van der Waals surface area (Å²) >= 11 is 0. The molecule has 1 atom stereocenters. The lowest BCUT2D eigenvalue weighted by atomic mass is 9.88. The molecule has 0 spiro atoms. The van der Waals surface area contributed by atoms with Gasteiger partial charge in [-0.05, 0) is 26.7 Å². The van der Waals surface area contributed by atoms with Crippen LogP contribution in [0.3, 0.4) is 0 Å². The first-order valence-corrected chi connectivity index (χ1v) is 4.08. The number of hydrogen-bond donors (Lipinski definition) is 1. The zero-order valence-electron chi connectivity index (χ0n) is 7.17. The third-order valence-corrected chi connectivity index (χ3v) is 2.24. The van der Waals surface area contributed by atoms with Gasteiger partial charge in [-0.1, -0.05) is 0 Å². The predicted octanol–water partition coefficient (Wildman–Crippen LogP) is 1.12. The Kier molecular flexibility index (Phi) is 2.87. The average molecular weight is 160 g/mol. The lowest BCUT2D eigenvalue weighted by Gasteiger charge is -2.21. The Labute approximate surface area is 67.2 Å². The van der Waals surface area contributed by atoms with Crippen LogP contribution in [0.5, 0.6) is 0 Å². The van der Waals surface area contributed by atoms with Crippen LogP contribution < -0.4 is 0 Å². The zero-order valence-corrected chi connectivity index (χ0v) is 7.17. The van der Waals surface area contributed by atoms with Gasteiger partial charge in [0.1, 0.15) is 5.60 Å². The maximum atomic E-state index is 8.62. The maximum absolute atomic E-state index is 8.62. The average Bonchev–Trinajstić information content (AvgIpc) is 2.25. The van der Waals surface area contributed by atoms with Crippen molar-refractivity contribution in [3.05, 3.63) is 0 Å². The van der Waals surface area contributed by atoms with Crippen LogP contribution in [0.2, 0.25) is 0 Å². The Bertz CT molecular complexity index is 123. The van der Waals surface area contributed by atoms with Gasteiger partial charge < -0.3 is 5.11 Å². The highest BCUT2D eigenvalue weighted by atomic mass is 17.2. The molecule has 0 amide bonds. The molecular weight excluding hydrogens is 144 g/mol. The molecule has 0 aliphatic carbocycles. The molecule has 1 unspecified atom stereocenters. The predicted molar refractivity (Wildman–Crippen MR) is 40.9 cm³/mol. The SMILES string of the molecule is CC1(C)OOCC1CCCO. The number of aliphatic hydroxyl groups is 1. The second kappa shape index (κ2) is 3.52. The van der Waals surface area contributed by atoms with Gasteiger partial charge in [0.15, 0.2) is 0 Å². The van der Waals surface area contributed by atoms with E-state index in [9.17, 15) is 0 Å². The number of rotatable bonds is 3. The minimum Gasteiger partial charge on any atom is -0.396 e. The second-order valence-corrected chi connectivity index (χ2v) is 3.53. The second-order valence-electron chi connectivity index (χ2n) is 3.53. The first-order chi connectivity index (χ1) is 5.17. The van der Waals surface area contributed by atoms with Crippen molar-refractivity contribution < 1.29 is 14.9 Å². The molecule has 0 saturated carbocycles. The minimum atomic E-state index is -0.171. The van der Waals surface area contributed by atoms with Crippen LogP contribution >= 0.6 is 0 Å². The van der Waals surface area contributed by atoms with Crippen molar-refractivity contribution >= 4 is 0 Å². The maximum Gasteiger partial charge on any atom is 0.103 e. The van der Waals surface area contributed by atoms with Gasteiger partial charge in [-0.25, -0.2) is 9.78 Å². The van der Waals surface area contributed by atoms with Gasteiger partial charge >= 0.3 is 0 Å². The van der Waals surface area contributed by atoms with Gasteiger partial charge in [0, 0.05) is 12.5 Å². The quantitative estimate of drug-likeness (QED) is 0.629. The highest BCUT2D eigenvalue weighted by molar-refractivity contribution is 4.80. The molecule has 0 aromatic heterocycles. The van der Waals surface area contributed by atoms with Crippen molar-refractivity contribution in [2.75, 3.05) is 13.2 Å². The minimum absolute atomic E-state index is 0.171. The van der Waals surface area contributed by atoms with Gasteiger partial charge in [-0.2, -0.15) is 0 Å². The molecule has 1 rings (SSSR count). The molecule has 0 radical (unpaired) electrons. The monoisotopic (exact) mass is 160 g/mol. The van der Waals surface area contributed by atoms with E-state index in [4.69, 9.17) is 14.9 Å². The van der Waals surface area contributed by atoms with Gasteiger partial charge in [-0.3, -0.25) is 0 Å². The Morgan fingerprint density at radius 2 is 2.27 bits per heavy atom. The summed E-state index contributed by atoms with van der Waals surface area (Å²) in [5.41, 5.74) is -0.171. The topological polar surface area (TPSA) is 38.7 Å². The van der Waals surface area contributed by atoms with Crippen molar-refractivity contribution in [1.82, 2.24) is 0 Å². The molecule has 11 heavy (non-hydrogen) atoms. The van der Waals surface area contributed by atoms with E-state index in [-0.39, 0.29) is 12.2 Å². The fourth-order valence-corrected chi connectivity index (χ4v) is 1.31. The van der Waals surface area contributed by atoms with Crippen molar-refractivity contribution in [3.8, 4) is 0 Å². The molecule has 0 bridgehead atoms. The molecule has 0 aromatic carbocycles. The highest BCUT2D eigenvalue weighted by Crippen LogP contribution is 2.31. The van der Waals surface area contributed by atoms with Gasteiger partial charge in [-0.15, -0.1) is 0 Å². The molecule has 1 aliphatic rings. The van der Waals surface area contributed by atoms with Crippen molar-refractivity contribution in [3.63, 3.8) is 0 Å². The molecule has 1 aliphatic heterocycles. The van der Waals surface area contributed by atoms with Crippen LogP contribution in [0.4, 0.5) is 0 Å². The van der Waals surface area contributed by atoms with Crippen LogP contribution in [0.1, 0.15) is 26.7 Å². The Morgan fingerprint density at radius 1 is 1.55 bits per heavy atom. The summed E-state index contributed by atoms with van der Waals surface area (Å²) in [4.78, 5) is 9.96. The normalized spacial score (nSPS) is 29.2. The van der Waals surface area contributed by atoms with E-state index in [0.717, 1.165) is 12.8 Å². The largest absolute Gasteiger partial charge is 0.396 e. The van der Waals surface area contributed by atoms with E-state index in [1.807, 2.05) is 13.8 Å². The summed E-state index contributed by atoms with van der Waals surface area (Å²) in [6.45, 7) is 4.95. The van der Waals surface area contributed by atoms with E-state index in [1.165, 1.54) is 0 Å². The van der Waals surface area contributed by atoms with Crippen LogP contribution in [0.15, 0.2) is 0 Å². The van der Waals surface area contributed by atoms with E-state index in [2.05, 4.69) is 0 Å².